The molecular weight excluding hydrogens is 238 g/mol. The van der Waals surface area contributed by atoms with E-state index in [-0.39, 0.29) is 5.56 Å². The molecule has 4 nitrogen and oxygen atoms in total. The van der Waals surface area contributed by atoms with E-state index >= 15 is 0 Å². The highest BCUT2D eigenvalue weighted by atomic mass is 16.1. The van der Waals surface area contributed by atoms with Crippen LogP contribution in [0, 0.1) is 0 Å². The third kappa shape index (κ3) is 2.63. The highest BCUT2D eigenvalue weighted by Crippen LogP contribution is 2.17. The maximum Gasteiger partial charge on any atom is 0.257 e. The molecule has 0 saturated carbocycles. The van der Waals surface area contributed by atoms with E-state index < -0.39 is 0 Å². The van der Waals surface area contributed by atoms with Crippen molar-refractivity contribution < 1.29 is 0 Å². The molecule has 19 heavy (non-hydrogen) atoms. The Labute approximate surface area is 112 Å². The molecule has 0 aliphatic carbocycles. The number of aromatic amines is 1. The van der Waals surface area contributed by atoms with Gasteiger partial charge in [0.05, 0.1) is 0 Å². The van der Waals surface area contributed by atoms with Gasteiger partial charge in [0.25, 0.3) is 5.56 Å². The van der Waals surface area contributed by atoms with Crippen LogP contribution in [0.15, 0.2) is 35.1 Å². The average Bonchev–Trinajstić information content (AvgIpc) is 2.39. The van der Waals surface area contributed by atoms with Gasteiger partial charge in [-0.15, -0.1) is 0 Å². The first kappa shape index (κ1) is 12.2. The van der Waals surface area contributed by atoms with Crippen LogP contribution in [0.1, 0.15) is 19.8 Å². The number of nitrogens with one attached hydrogen (secondary N) is 3. The summed E-state index contributed by atoms with van der Waals surface area (Å²) in [6, 6.07) is 10.6. The Morgan fingerprint density at radius 2 is 2.16 bits per heavy atom. The molecule has 1 saturated heterocycles. The van der Waals surface area contributed by atoms with Crippen molar-refractivity contribution in [3.63, 3.8) is 0 Å². The Hall–Kier alpha value is -1.81. The van der Waals surface area contributed by atoms with Gasteiger partial charge in [-0.3, -0.25) is 4.79 Å². The van der Waals surface area contributed by atoms with Gasteiger partial charge in [0.1, 0.15) is 5.82 Å². The molecule has 1 aromatic heterocycles. The zero-order chi connectivity index (χ0) is 13.2. The molecule has 2 unspecified atom stereocenters. The summed E-state index contributed by atoms with van der Waals surface area (Å²) in [5, 5.41) is 8.60. The number of piperidine rings is 1. The summed E-state index contributed by atoms with van der Waals surface area (Å²) in [6.07, 6.45) is 2.16. The van der Waals surface area contributed by atoms with Crippen LogP contribution in [-0.4, -0.2) is 23.6 Å². The highest BCUT2D eigenvalue weighted by molar-refractivity contribution is 5.83. The Balaban J connectivity index is 1.87. The van der Waals surface area contributed by atoms with Crippen LogP contribution in [0.4, 0.5) is 5.82 Å². The molecule has 4 heteroatoms. The number of anilines is 1. The lowest BCUT2D eigenvalue weighted by Gasteiger charge is -2.29. The standard InChI is InChI=1S/C15H19N3O/c1-10-8-12(6-7-16-10)17-14-9-11-4-2-3-5-13(11)15(19)18-14/h2-5,9-10,12,16H,6-8H2,1H3,(H2,17,18,19). The highest BCUT2D eigenvalue weighted by Gasteiger charge is 2.18. The van der Waals surface area contributed by atoms with E-state index in [0.29, 0.717) is 12.1 Å². The summed E-state index contributed by atoms with van der Waals surface area (Å²) in [6.45, 7) is 3.22. The van der Waals surface area contributed by atoms with Crippen molar-refractivity contribution in [1.29, 1.82) is 0 Å². The van der Waals surface area contributed by atoms with Crippen LogP contribution < -0.4 is 16.2 Å². The van der Waals surface area contributed by atoms with Gasteiger partial charge in [-0.05, 0) is 43.8 Å². The Kier molecular flexibility index (Phi) is 3.25. The van der Waals surface area contributed by atoms with Crippen molar-refractivity contribution in [3.05, 3.63) is 40.7 Å². The number of hydrogen-bond acceptors (Lipinski definition) is 3. The molecule has 0 bridgehead atoms. The first-order chi connectivity index (χ1) is 9.22. The summed E-state index contributed by atoms with van der Waals surface area (Å²) in [5.74, 6) is 0.822. The van der Waals surface area contributed by atoms with E-state index in [1.54, 1.807) is 0 Å². The normalized spacial score (nSPS) is 23.4. The summed E-state index contributed by atoms with van der Waals surface area (Å²) in [5.41, 5.74) is -0.0254. The van der Waals surface area contributed by atoms with Gasteiger partial charge < -0.3 is 15.6 Å². The lowest BCUT2D eigenvalue weighted by atomic mass is 10.0. The van der Waals surface area contributed by atoms with Crippen LogP contribution >= 0.6 is 0 Å². The molecule has 1 aliphatic rings. The molecule has 1 aliphatic heterocycles. The second-order valence-corrected chi connectivity index (χ2v) is 5.32. The third-order valence-electron chi connectivity index (χ3n) is 3.74. The number of pyridine rings is 1. The minimum atomic E-state index is -0.0254. The Morgan fingerprint density at radius 1 is 1.32 bits per heavy atom. The predicted molar refractivity (Wildman–Crippen MR) is 78.7 cm³/mol. The van der Waals surface area contributed by atoms with E-state index in [0.717, 1.165) is 36.0 Å². The molecule has 3 N–H and O–H groups in total. The number of benzene rings is 1. The minimum absolute atomic E-state index is 0.0254. The monoisotopic (exact) mass is 257 g/mol. The van der Waals surface area contributed by atoms with Crippen LogP contribution in [0.25, 0.3) is 10.8 Å². The van der Waals surface area contributed by atoms with Gasteiger partial charge in [-0.25, -0.2) is 0 Å². The summed E-state index contributed by atoms with van der Waals surface area (Å²) in [7, 11) is 0. The second-order valence-electron chi connectivity index (χ2n) is 5.32. The summed E-state index contributed by atoms with van der Waals surface area (Å²) < 4.78 is 0. The average molecular weight is 257 g/mol. The molecule has 2 heterocycles. The van der Waals surface area contributed by atoms with Crippen LogP contribution in [0.5, 0.6) is 0 Å². The first-order valence-electron chi connectivity index (χ1n) is 6.84. The zero-order valence-electron chi connectivity index (χ0n) is 11.1. The molecule has 0 amide bonds. The predicted octanol–water partition coefficient (Wildman–Crippen LogP) is 2.08. The molecule has 0 spiro atoms. The molecule has 1 fully saturated rings. The van der Waals surface area contributed by atoms with Crippen molar-refractivity contribution in [2.75, 3.05) is 11.9 Å². The lowest BCUT2D eigenvalue weighted by Crippen LogP contribution is -2.41. The number of H-pyrrole nitrogens is 1. The molecule has 2 aromatic rings. The van der Waals surface area contributed by atoms with E-state index in [4.69, 9.17) is 0 Å². The van der Waals surface area contributed by atoms with E-state index in [1.807, 2.05) is 30.3 Å². The zero-order valence-corrected chi connectivity index (χ0v) is 11.1. The second kappa shape index (κ2) is 5.05. The Morgan fingerprint density at radius 3 is 3.00 bits per heavy atom. The molecule has 1 aromatic carbocycles. The van der Waals surface area contributed by atoms with Crippen molar-refractivity contribution in [2.24, 2.45) is 0 Å². The number of fused-ring (bicyclic) bond motifs is 1. The van der Waals surface area contributed by atoms with Gasteiger partial charge in [-0.2, -0.15) is 0 Å². The number of hydrogen-bond donors (Lipinski definition) is 3. The fraction of sp³-hybridized carbons (Fsp3) is 0.400. The van der Waals surface area contributed by atoms with Crippen molar-refractivity contribution in [2.45, 2.75) is 31.8 Å². The maximum absolute atomic E-state index is 12.0. The van der Waals surface area contributed by atoms with Gasteiger partial charge >= 0.3 is 0 Å². The fourth-order valence-electron chi connectivity index (χ4n) is 2.77. The molecule has 3 rings (SSSR count). The van der Waals surface area contributed by atoms with Gasteiger partial charge in [0.2, 0.25) is 0 Å². The van der Waals surface area contributed by atoms with E-state index in [1.165, 1.54) is 0 Å². The topological polar surface area (TPSA) is 56.9 Å². The van der Waals surface area contributed by atoms with Gasteiger partial charge in [0, 0.05) is 17.5 Å². The Bertz CT molecular complexity index is 635. The minimum Gasteiger partial charge on any atom is -0.369 e. The first-order valence-corrected chi connectivity index (χ1v) is 6.84. The lowest BCUT2D eigenvalue weighted by molar-refractivity contribution is 0.396. The van der Waals surface area contributed by atoms with Crippen LogP contribution in [-0.2, 0) is 0 Å². The quantitative estimate of drug-likeness (QED) is 0.772. The molecule has 2 atom stereocenters. The van der Waals surface area contributed by atoms with Crippen LogP contribution in [0.3, 0.4) is 0 Å². The fourth-order valence-corrected chi connectivity index (χ4v) is 2.77. The van der Waals surface area contributed by atoms with Crippen LogP contribution in [0.2, 0.25) is 0 Å². The van der Waals surface area contributed by atoms with Gasteiger partial charge in [-0.1, -0.05) is 18.2 Å². The van der Waals surface area contributed by atoms with E-state index in [9.17, 15) is 4.79 Å². The van der Waals surface area contributed by atoms with Gasteiger partial charge in [0.15, 0.2) is 0 Å². The SMILES string of the molecule is CC1CC(Nc2cc3ccccc3c(=O)[nH]2)CCN1. The van der Waals surface area contributed by atoms with Crippen molar-refractivity contribution >= 4 is 16.6 Å². The smallest absolute Gasteiger partial charge is 0.257 e. The maximum atomic E-state index is 12.0. The summed E-state index contributed by atoms with van der Waals surface area (Å²) in [4.78, 5) is 14.9. The third-order valence-corrected chi connectivity index (χ3v) is 3.74. The van der Waals surface area contributed by atoms with E-state index in [2.05, 4.69) is 22.5 Å². The molecule has 0 radical (unpaired) electrons. The molecule has 100 valence electrons. The summed E-state index contributed by atoms with van der Waals surface area (Å²) >= 11 is 0. The van der Waals surface area contributed by atoms with Crippen molar-refractivity contribution in [1.82, 2.24) is 10.3 Å². The number of aromatic nitrogens is 1. The largest absolute Gasteiger partial charge is 0.369 e. The molecular formula is C15H19N3O. The van der Waals surface area contributed by atoms with Crippen molar-refractivity contribution in [3.8, 4) is 0 Å². The number of rotatable bonds is 2.